The summed E-state index contributed by atoms with van der Waals surface area (Å²) in [5, 5.41) is 3.15. The molecule has 0 radical (unpaired) electrons. The van der Waals surface area contributed by atoms with Crippen LogP contribution in [-0.4, -0.2) is 26.7 Å². The Morgan fingerprint density at radius 1 is 0.920 bits per heavy atom. The van der Waals surface area contributed by atoms with Gasteiger partial charge in [-0.05, 0) is 43.5 Å². The van der Waals surface area contributed by atoms with Crippen molar-refractivity contribution in [2.24, 2.45) is 0 Å². The molecule has 0 aliphatic heterocycles. The van der Waals surface area contributed by atoms with Crippen LogP contribution in [0.3, 0.4) is 0 Å². The Morgan fingerprint density at radius 3 is 2.20 bits per heavy atom. The molecule has 1 amide bonds. The standard InChI is InChI=1S/C19H22ClNO4/c1-11-6-13(3)16(7-12(11)2)25-10-19(22)21-15-9-17(23-4)14(20)8-18(15)24-5/h6-9H,10H2,1-5H3,(H,21,22). The topological polar surface area (TPSA) is 56.8 Å². The van der Waals surface area contributed by atoms with Crippen molar-refractivity contribution in [1.82, 2.24) is 0 Å². The Morgan fingerprint density at radius 2 is 1.56 bits per heavy atom. The number of aryl methyl sites for hydroxylation is 3. The van der Waals surface area contributed by atoms with Gasteiger partial charge in [-0.2, -0.15) is 0 Å². The molecule has 0 aliphatic carbocycles. The first-order chi connectivity index (χ1) is 11.8. The van der Waals surface area contributed by atoms with E-state index < -0.39 is 0 Å². The molecule has 0 unspecified atom stereocenters. The fraction of sp³-hybridized carbons (Fsp3) is 0.316. The zero-order valence-corrected chi connectivity index (χ0v) is 15.8. The molecule has 6 heteroatoms. The maximum absolute atomic E-state index is 12.2. The minimum absolute atomic E-state index is 0.114. The molecule has 2 rings (SSSR count). The monoisotopic (exact) mass is 363 g/mol. The molecular formula is C19H22ClNO4. The number of rotatable bonds is 6. The number of nitrogens with one attached hydrogen (secondary N) is 1. The molecule has 0 bridgehead atoms. The normalized spacial score (nSPS) is 10.3. The number of methoxy groups -OCH3 is 2. The van der Waals surface area contributed by atoms with E-state index in [2.05, 4.69) is 5.32 Å². The second kappa shape index (κ2) is 8.12. The van der Waals surface area contributed by atoms with Crippen molar-refractivity contribution in [3.05, 3.63) is 46.0 Å². The van der Waals surface area contributed by atoms with Gasteiger partial charge in [0.05, 0.1) is 24.9 Å². The first kappa shape index (κ1) is 18.9. The first-order valence-electron chi connectivity index (χ1n) is 7.77. The maximum atomic E-state index is 12.2. The third kappa shape index (κ3) is 4.57. The largest absolute Gasteiger partial charge is 0.495 e. The number of ether oxygens (including phenoxy) is 3. The average molecular weight is 364 g/mol. The van der Waals surface area contributed by atoms with Crippen LogP contribution < -0.4 is 19.5 Å². The average Bonchev–Trinajstić information content (AvgIpc) is 2.58. The lowest BCUT2D eigenvalue weighted by atomic mass is 10.1. The highest BCUT2D eigenvalue weighted by Crippen LogP contribution is 2.35. The Hall–Kier alpha value is -2.40. The van der Waals surface area contributed by atoms with Gasteiger partial charge in [-0.15, -0.1) is 0 Å². The molecule has 0 spiro atoms. The predicted molar refractivity (Wildman–Crippen MR) is 99.3 cm³/mol. The van der Waals surface area contributed by atoms with Gasteiger partial charge in [0.1, 0.15) is 17.2 Å². The number of anilines is 1. The number of hydrogen-bond acceptors (Lipinski definition) is 4. The van der Waals surface area contributed by atoms with Crippen LogP contribution in [0.2, 0.25) is 5.02 Å². The van der Waals surface area contributed by atoms with E-state index in [0.29, 0.717) is 28.0 Å². The van der Waals surface area contributed by atoms with Crippen LogP contribution >= 0.6 is 11.6 Å². The summed E-state index contributed by atoms with van der Waals surface area (Å²) < 4.78 is 16.1. The molecule has 0 aliphatic rings. The molecule has 0 saturated carbocycles. The van der Waals surface area contributed by atoms with Gasteiger partial charge < -0.3 is 19.5 Å². The highest BCUT2D eigenvalue weighted by atomic mass is 35.5. The molecule has 0 heterocycles. The van der Waals surface area contributed by atoms with E-state index in [1.807, 2.05) is 32.9 Å². The summed E-state index contributed by atoms with van der Waals surface area (Å²) in [6.07, 6.45) is 0. The predicted octanol–water partition coefficient (Wildman–Crippen LogP) is 4.30. The zero-order chi connectivity index (χ0) is 18.6. The van der Waals surface area contributed by atoms with Gasteiger partial charge >= 0.3 is 0 Å². The number of halogens is 1. The summed E-state index contributed by atoms with van der Waals surface area (Å²) in [6.45, 7) is 5.88. The SMILES string of the molecule is COc1cc(NC(=O)COc2cc(C)c(C)cc2C)c(OC)cc1Cl. The van der Waals surface area contributed by atoms with Gasteiger partial charge in [-0.3, -0.25) is 4.79 Å². The maximum Gasteiger partial charge on any atom is 0.262 e. The number of amides is 1. The van der Waals surface area contributed by atoms with Crippen LogP contribution in [0.15, 0.2) is 24.3 Å². The van der Waals surface area contributed by atoms with Crippen molar-refractivity contribution in [1.29, 1.82) is 0 Å². The molecule has 25 heavy (non-hydrogen) atoms. The fourth-order valence-electron chi connectivity index (χ4n) is 2.38. The molecule has 2 aromatic rings. The number of hydrogen-bond donors (Lipinski definition) is 1. The Bertz CT molecular complexity index is 789. The van der Waals surface area contributed by atoms with E-state index in [4.69, 9.17) is 25.8 Å². The summed E-state index contributed by atoms with van der Waals surface area (Å²) in [6, 6.07) is 7.17. The summed E-state index contributed by atoms with van der Waals surface area (Å²) in [5.74, 6) is 1.28. The third-order valence-electron chi connectivity index (χ3n) is 3.90. The number of carbonyl (C=O) groups excluding carboxylic acids is 1. The quantitative estimate of drug-likeness (QED) is 0.831. The summed E-state index contributed by atoms with van der Waals surface area (Å²) >= 11 is 6.06. The number of carbonyl (C=O) groups is 1. The highest BCUT2D eigenvalue weighted by molar-refractivity contribution is 6.32. The molecule has 0 saturated heterocycles. The third-order valence-corrected chi connectivity index (χ3v) is 4.19. The molecule has 0 fully saturated rings. The molecule has 2 aromatic carbocycles. The second-order valence-corrected chi connectivity index (χ2v) is 6.13. The van der Waals surface area contributed by atoms with E-state index in [9.17, 15) is 4.79 Å². The zero-order valence-electron chi connectivity index (χ0n) is 15.0. The van der Waals surface area contributed by atoms with Crippen LogP contribution in [0.5, 0.6) is 17.2 Å². The summed E-state index contributed by atoms with van der Waals surface area (Å²) in [4.78, 5) is 12.2. The molecule has 0 atom stereocenters. The van der Waals surface area contributed by atoms with Crippen molar-refractivity contribution >= 4 is 23.2 Å². The van der Waals surface area contributed by atoms with E-state index >= 15 is 0 Å². The van der Waals surface area contributed by atoms with Crippen molar-refractivity contribution in [2.75, 3.05) is 26.1 Å². The Labute approximate surface area is 152 Å². The molecule has 134 valence electrons. The summed E-state index contributed by atoms with van der Waals surface area (Å²) in [5.41, 5.74) is 3.76. The molecular weight excluding hydrogens is 342 g/mol. The van der Waals surface area contributed by atoms with E-state index in [0.717, 1.165) is 11.1 Å². The van der Waals surface area contributed by atoms with Crippen molar-refractivity contribution < 1.29 is 19.0 Å². The van der Waals surface area contributed by atoms with Gasteiger partial charge in [0, 0.05) is 12.1 Å². The van der Waals surface area contributed by atoms with Gasteiger partial charge in [0.15, 0.2) is 6.61 Å². The van der Waals surface area contributed by atoms with Crippen LogP contribution in [0.1, 0.15) is 16.7 Å². The van der Waals surface area contributed by atoms with Crippen LogP contribution in [0.25, 0.3) is 0 Å². The number of benzene rings is 2. The lowest BCUT2D eigenvalue weighted by Crippen LogP contribution is -2.21. The lowest BCUT2D eigenvalue weighted by Gasteiger charge is -2.14. The first-order valence-corrected chi connectivity index (χ1v) is 8.15. The minimum atomic E-state index is -0.305. The lowest BCUT2D eigenvalue weighted by molar-refractivity contribution is -0.118. The summed E-state index contributed by atoms with van der Waals surface area (Å²) in [7, 11) is 3.01. The Kier molecular flexibility index (Phi) is 6.15. The minimum Gasteiger partial charge on any atom is -0.495 e. The van der Waals surface area contributed by atoms with Gasteiger partial charge in [0.2, 0.25) is 0 Å². The van der Waals surface area contributed by atoms with Crippen molar-refractivity contribution in [3.8, 4) is 17.2 Å². The second-order valence-electron chi connectivity index (χ2n) is 5.73. The van der Waals surface area contributed by atoms with Crippen LogP contribution in [0, 0.1) is 20.8 Å². The molecule has 0 aromatic heterocycles. The van der Waals surface area contributed by atoms with Gasteiger partial charge in [-0.1, -0.05) is 17.7 Å². The van der Waals surface area contributed by atoms with E-state index in [-0.39, 0.29) is 12.5 Å². The molecule has 1 N–H and O–H groups in total. The smallest absolute Gasteiger partial charge is 0.262 e. The van der Waals surface area contributed by atoms with Gasteiger partial charge in [-0.25, -0.2) is 0 Å². The highest BCUT2D eigenvalue weighted by Gasteiger charge is 2.13. The van der Waals surface area contributed by atoms with Crippen molar-refractivity contribution in [2.45, 2.75) is 20.8 Å². The fourth-order valence-corrected chi connectivity index (χ4v) is 2.61. The van der Waals surface area contributed by atoms with Crippen LogP contribution in [-0.2, 0) is 4.79 Å². The van der Waals surface area contributed by atoms with E-state index in [1.165, 1.54) is 19.8 Å². The van der Waals surface area contributed by atoms with Crippen molar-refractivity contribution in [3.63, 3.8) is 0 Å². The van der Waals surface area contributed by atoms with E-state index in [1.54, 1.807) is 12.1 Å². The van der Waals surface area contributed by atoms with Crippen LogP contribution in [0.4, 0.5) is 5.69 Å². The molecule has 5 nitrogen and oxygen atoms in total. The Balaban J connectivity index is 2.09. The van der Waals surface area contributed by atoms with Gasteiger partial charge in [0.25, 0.3) is 5.91 Å².